The summed E-state index contributed by atoms with van der Waals surface area (Å²) in [5.41, 5.74) is 1.25. The quantitative estimate of drug-likeness (QED) is 0.761. The Morgan fingerprint density at radius 2 is 1.88 bits per heavy atom. The predicted octanol–water partition coefficient (Wildman–Crippen LogP) is 1.22. The zero-order chi connectivity index (χ0) is 11.5. The largest absolute Gasteiger partial charge is 0.392 e. The molecule has 1 aliphatic rings. The van der Waals surface area contributed by atoms with Gasteiger partial charge in [-0.2, -0.15) is 0 Å². The number of benzene rings is 1. The minimum Gasteiger partial charge on any atom is -0.392 e. The number of carbonyl (C=O) groups excluding carboxylic acids is 2. The second kappa shape index (κ2) is 4.45. The summed E-state index contributed by atoms with van der Waals surface area (Å²) in [4.78, 5) is 24.5. The molecule has 4 nitrogen and oxygen atoms in total. The van der Waals surface area contributed by atoms with Gasteiger partial charge in [-0.3, -0.25) is 14.5 Å². The van der Waals surface area contributed by atoms with E-state index in [1.165, 1.54) is 4.90 Å². The fourth-order valence-corrected chi connectivity index (χ4v) is 1.84. The van der Waals surface area contributed by atoms with Crippen LogP contribution in [0.3, 0.4) is 0 Å². The summed E-state index contributed by atoms with van der Waals surface area (Å²) < 4.78 is 0. The topological polar surface area (TPSA) is 57.6 Å². The molecule has 1 aliphatic heterocycles. The van der Waals surface area contributed by atoms with Crippen molar-refractivity contribution in [2.24, 2.45) is 0 Å². The molecule has 0 aliphatic carbocycles. The average molecular weight is 219 g/mol. The smallest absolute Gasteiger partial charge is 0.233 e. The van der Waals surface area contributed by atoms with E-state index in [9.17, 15) is 9.59 Å². The number of piperidine rings is 1. The van der Waals surface area contributed by atoms with Crippen LogP contribution in [-0.2, 0) is 16.2 Å². The fraction of sp³-hybridized carbons (Fsp3) is 0.333. The molecule has 1 saturated heterocycles. The van der Waals surface area contributed by atoms with Gasteiger partial charge < -0.3 is 5.11 Å². The van der Waals surface area contributed by atoms with E-state index in [1.807, 2.05) is 0 Å². The van der Waals surface area contributed by atoms with Gasteiger partial charge in [0.05, 0.1) is 12.3 Å². The lowest BCUT2D eigenvalue weighted by Gasteiger charge is -2.25. The van der Waals surface area contributed by atoms with Crippen molar-refractivity contribution >= 4 is 17.5 Å². The van der Waals surface area contributed by atoms with E-state index >= 15 is 0 Å². The van der Waals surface area contributed by atoms with Crippen LogP contribution in [-0.4, -0.2) is 16.9 Å². The lowest BCUT2D eigenvalue weighted by Crippen LogP contribution is -2.40. The maximum absolute atomic E-state index is 11.6. The van der Waals surface area contributed by atoms with Crippen LogP contribution in [0.15, 0.2) is 24.3 Å². The first-order valence-electron chi connectivity index (χ1n) is 5.28. The summed E-state index contributed by atoms with van der Waals surface area (Å²) in [5.74, 6) is -0.322. The van der Waals surface area contributed by atoms with Crippen LogP contribution >= 0.6 is 0 Å². The highest BCUT2D eigenvalue weighted by atomic mass is 16.3. The number of amides is 2. The van der Waals surface area contributed by atoms with Gasteiger partial charge in [0.25, 0.3) is 0 Å². The average Bonchev–Trinajstić information content (AvgIpc) is 2.29. The Morgan fingerprint density at radius 3 is 2.50 bits per heavy atom. The summed E-state index contributed by atoms with van der Waals surface area (Å²) in [5, 5.41) is 9.00. The molecule has 0 spiro atoms. The first-order chi connectivity index (χ1) is 7.72. The van der Waals surface area contributed by atoms with Crippen LogP contribution in [0.25, 0.3) is 0 Å². The number of anilines is 1. The molecule has 1 aromatic carbocycles. The summed E-state index contributed by atoms with van der Waals surface area (Å²) >= 11 is 0. The molecule has 0 atom stereocenters. The molecule has 0 bridgehead atoms. The lowest BCUT2D eigenvalue weighted by molar-refractivity contribution is -0.129. The van der Waals surface area contributed by atoms with Crippen LogP contribution in [0, 0.1) is 0 Å². The van der Waals surface area contributed by atoms with E-state index < -0.39 is 0 Å². The first-order valence-corrected chi connectivity index (χ1v) is 5.28. The van der Waals surface area contributed by atoms with Crippen LogP contribution < -0.4 is 4.90 Å². The molecule has 2 rings (SSSR count). The van der Waals surface area contributed by atoms with Crippen molar-refractivity contribution in [1.82, 2.24) is 0 Å². The third kappa shape index (κ3) is 1.97. The zero-order valence-corrected chi connectivity index (χ0v) is 8.85. The number of hydrogen-bond acceptors (Lipinski definition) is 3. The highest BCUT2D eigenvalue weighted by molar-refractivity contribution is 6.16. The van der Waals surface area contributed by atoms with Gasteiger partial charge in [-0.15, -0.1) is 0 Å². The van der Waals surface area contributed by atoms with Gasteiger partial charge in [0, 0.05) is 12.8 Å². The van der Waals surface area contributed by atoms with Gasteiger partial charge in [0.15, 0.2) is 0 Å². The summed E-state index contributed by atoms with van der Waals surface area (Å²) in [7, 11) is 0. The second-order valence-electron chi connectivity index (χ2n) is 3.80. The highest BCUT2D eigenvalue weighted by Gasteiger charge is 2.27. The van der Waals surface area contributed by atoms with Crippen molar-refractivity contribution in [3.63, 3.8) is 0 Å². The second-order valence-corrected chi connectivity index (χ2v) is 3.80. The zero-order valence-electron chi connectivity index (χ0n) is 8.85. The SMILES string of the molecule is O=C1CCCC(=O)N1c1cccc(CO)c1. The van der Waals surface area contributed by atoms with Crippen LogP contribution in [0.1, 0.15) is 24.8 Å². The van der Waals surface area contributed by atoms with Gasteiger partial charge >= 0.3 is 0 Å². The number of aliphatic hydroxyl groups excluding tert-OH is 1. The number of hydrogen-bond donors (Lipinski definition) is 1. The minimum atomic E-state index is -0.161. The number of aliphatic hydroxyl groups is 1. The van der Waals surface area contributed by atoms with Gasteiger partial charge in [-0.25, -0.2) is 0 Å². The summed E-state index contributed by atoms with van der Waals surface area (Å²) in [6.07, 6.45) is 1.46. The Balaban J connectivity index is 2.33. The van der Waals surface area contributed by atoms with E-state index in [0.29, 0.717) is 30.5 Å². The molecule has 0 unspecified atom stereocenters. The Kier molecular flexibility index (Phi) is 3.01. The Morgan fingerprint density at radius 1 is 1.19 bits per heavy atom. The number of rotatable bonds is 2. The van der Waals surface area contributed by atoms with E-state index in [4.69, 9.17) is 5.11 Å². The van der Waals surface area contributed by atoms with Crippen molar-refractivity contribution in [1.29, 1.82) is 0 Å². The molecule has 1 heterocycles. The highest BCUT2D eigenvalue weighted by Crippen LogP contribution is 2.22. The number of nitrogens with zero attached hydrogens (tertiary/aromatic N) is 1. The summed E-state index contributed by atoms with van der Waals surface area (Å²) in [6, 6.07) is 6.86. The normalized spacial score (nSPS) is 16.7. The van der Waals surface area contributed by atoms with Crippen LogP contribution in [0.5, 0.6) is 0 Å². The molecule has 84 valence electrons. The minimum absolute atomic E-state index is 0.0932. The Hall–Kier alpha value is -1.68. The molecule has 1 N–H and O–H groups in total. The van der Waals surface area contributed by atoms with E-state index in [2.05, 4.69) is 0 Å². The first kappa shape index (κ1) is 10.8. The monoisotopic (exact) mass is 219 g/mol. The standard InChI is InChI=1S/C12H13NO3/c14-8-9-3-1-4-10(7-9)13-11(15)5-2-6-12(13)16/h1,3-4,7,14H,2,5-6,8H2. The molecule has 2 amide bonds. The molecule has 4 heteroatoms. The molecule has 0 aromatic heterocycles. The van der Waals surface area contributed by atoms with E-state index in [1.54, 1.807) is 24.3 Å². The van der Waals surface area contributed by atoms with Gasteiger partial charge in [-0.05, 0) is 24.1 Å². The van der Waals surface area contributed by atoms with Crippen molar-refractivity contribution in [3.8, 4) is 0 Å². The molecule has 1 aromatic rings. The molecular weight excluding hydrogens is 206 g/mol. The third-order valence-electron chi connectivity index (χ3n) is 2.63. The maximum Gasteiger partial charge on any atom is 0.233 e. The molecule has 0 saturated carbocycles. The third-order valence-corrected chi connectivity index (χ3v) is 2.63. The van der Waals surface area contributed by atoms with Crippen molar-refractivity contribution < 1.29 is 14.7 Å². The van der Waals surface area contributed by atoms with Crippen molar-refractivity contribution in [2.75, 3.05) is 4.90 Å². The van der Waals surface area contributed by atoms with Gasteiger partial charge in [-0.1, -0.05) is 12.1 Å². The van der Waals surface area contributed by atoms with Crippen molar-refractivity contribution in [2.45, 2.75) is 25.9 Å². The van der Waals surface area contributed by atoms with E-state index in [0.717, 1.165) is 0 Å². The van der Waals surface area contributed by atoms with Crippen LogP contribution in [0.4, 0.5) is 5.69 Å². The Bertz CT molecular complexity index is 412. The van der Waals surface area contributed by atoms with Gasteiger partial charge in [0.2, 0.25) is 11.8 Å². The molecule has 16 heavy (non-hydrogen) atoms. The number of carbonyl (C=O) groups is 2. The molecule has 1 fully saturated rings. The van der Waals surface area contributed by atoms with Crippen LogP contribution in [0.2, 0.25) is 0 Å². The summed E-state index contributed by atoms with van der Waals surface area (Å²) in [6.45, 7) is -0.0932. The van der Waals surface area contributed by atoms with Gasteiger partial charge in [0.1, 0.15) is 0 Å². The molecular formula is C12H13NO3. The fourth-order valence-electron chi connectivity index (χ4n) is 1.84. The van der Waals surface area contributed by atoms with E-state index in [-0.39, 0.29) is 18.4 Å². The maximum atomic E-state index is 11.6. The van der Waals surface area contributed by atoms with Crippen molar-refractivity contribution in [3.05, 3.63) is 29.8 Å². The molecule has 0 radical (unpaired) electrons. The Labute approximate surface area is 93.5 Å². The number of imide groups is 1. The predicted molar refractivity (Wildman–Crippen MR) is 58.7 cm³/mol. The lowest BCUT2D eigenvalue weighted by atomic mass is 10.1.